The van der Waals surface area contributed by atoms with Gasteiger partial charge in [-0.2, -0.15) is 30.7 Å². The summed E-state index contributed by atoms with van der Waals surface area (Å²) in [6, 6.07) is 3.46. The average Bonchev–Trinajstić information content (AvgIpc) is 2.45. The van der Waals surface area contributed by atoms with E-state index in [0.717, 1.165) is 18.2 Å². The van der Waals surface area contributed by atoms with E-state index >= 15 is 0 Å². The number of sulfonamides is 2. The van der Waals surface area contributed by atoms with E-state index in [1.54, 1.807) is 0 Å². The molecule has 0 aliphatic carbocycles. The Bertz CT molecular complexity index is 990. The van der Waals surface area contributed by atoms with E-state index in [0.29, 0.717) is 12.1 Å². The van der Waals surface area contributed by atoms with Gasteiger partial charge in [-0.1, -0.05) is 22.3 Å². The summed E-state index contributed by atoms with van der Waals surface area (Å²) < 4.78 is 157. The molecular formula is C9H7F7LiNO6S3. The van der Waals surface area contributed by atoms with Gasteiger partial charge >= 0.3 is 44.9 Å². The van der Waals surface area contributed by atoms with Crippen molar-refractivity contribution in [2.24, 2.45) is 0 Å². The molecule has 1 rings (SSSR count). The summed E-state index contributed by atoms with van der Waals surface area (Å²) in [7, 11) is -20.9. The number of hydrogen-bond acceptors (Lipinski definition) is 6. The molecule has 0 aliphatic rings. The Kier molecular flexibility index (Phi) is 7.28. The van der Waals surface area contributed by atoms with Gasteiger partial charge in [0.2, 0.25) is 0 Å². The number of alkyl halides is 7. The van der Waals surface area contributed by atoms with Crippen LogP contribution in [0.2, 0.25) is 0 Å². The molecular weight excluding hydrogens is 454 g/mol. The Morgan fingerprint density at radius 2 is 1.07 bits per heavy atom. The monoisotopic (exact) mass is 461 g/mol. The third-order valence-electron chi connectivity index (χ3n) is 2.59. The van der Waals surface area contributed by atoms with Crippen molar-refractivity contribution >= 4 is 48.7 Å². The number of rotatable bonds is 6. The molecule has 0 amide bonds. The summed E-state index contributed by atoms with van der Waals surface area (Å²) in [5, 5.41) is -13.3. The first-order chi connectivity index (χ1) is 11.3. The van der Waals surface area contributed by atoms with Crippen LogP contribution >= 0.6 is 0 Å². The zero-order valence-corrected chi connectivity index (χ0v) is 14.2. The standard InChI is InChI=1S/C9H6F7NO6S3.Li.H/c10-7(11,24(18,19)6-4-2-1-3-5-6)8(12,13)25(20,21)17-26(22,23)9(14,15)16;;/h1-5,17H;;. The predicted molar refractivity (Wildman–Crippen MR) is 77.7 cm³/mol. The van der Waals surface area contributed by atoms with Crippen molar-refractivity contribution in [3.05, 3.63) is 30.3 Å². The summed E-state index contributed by atoms with van der Waals surface area (Å²) in [5.41, 5.74) is -6.45. The third-order valence-corrected chi connectivity index (χ3v) is 7.84. The van der Waals surface area contributed by atoms with Gasteiger partial charge in [0, 0.05) is 0 Å². The molecule has 1 aromatic carbocycles. The minimum atomic E-state index is -7.37. The molecule has 0 aliphatic heterocycles. The van der Waals surface area contributed by atoms with Crippen molar-refractivity contribution in [3.8, 4) is 0 Å². The number of hydrogen-bond donors (Lipinski definition) is 1. The van der Waals surface area contributed by atoms with Gasteiger partial charge < -0.3 is 0 Å². The van der Waals surface area contributed by atoms with Crippen LogP contribution in [0.3, 0.4) is 0 Å². The van der Waals surface area contributed by atoms with Crippen molar-refractivity contribution in [1.29, 1.82) is 0 Å². The molecule has 0 saturated heterocycles. The minimum absolute atomic E-state index is 0. The van der Waals surface area contributed by atoms with Crippen LogP contribution in [0.25, 0.3) is 0 Å². The summed E-state index contributed by atoms with van der Waals surface area (Å²) >= 11 is 0. The summed E-state index contributed by atoms with van der Waals surface area (Å²) in [6.07, 6.45) is 0. The van der Waals surface area contributed by atoms with E-state index in [9.17, 15) is 56.0 Å². The summed E-state index contributed by atoms with van der Waals surface area (Å²) in [5.74, 6) is 0. The van der Waals surface area contributed by atoms with Crippen LogP contribution in [0.5, 0.6) is 0 Å². The van der Waals surface area contributed by atoms with Gasteiger partial charge in [-0.15, -0.1) is 0 Å². The molecule has 0 fully saturated rings. The number of halogens is 7. The second kappa shape index (κ2) is 7.52. The maximum absolute atomic E-state index is 13.8. The molecule has 1 N–H and O–H groups in total. The maximum atomic E-state index is 13.8. The van der Waals surface area contributed by atoms with E-state index in [4.69, 9.17) is 0 Å². The fourth-order valence-corrected chi connectivity index (χ4v) is 5.35. The van der Waals surface area contributed by atoms with Crippen LogP contribution in [0.1, 0.15) is 0 Å². The molecule has 0 saturated carbocycles. The Labute approximate surface area is 160 Å². The molecule has 0 spiro atoms. The van der Waals surface area contributed by atoms with E-state index in [2.05, 4.69) is 0 Å². The van der Waals surface area contributed by atoms with E-state index < -0.39 is 54.9 Å². The third kappa shape index (κ3) is 4.43. The van der Waals surface area contributed by atoms with Crippen molar-refractivity contribution in [3.63, 3.8) is 0 Å². The first-order valence-electron chi connectivity index (χ1n) is 5.71. The van der Waals surface area contributed by atoms with Crippen LogP contribution < -0.4 is 4.13 Å². The molecule has 7 nitrogen and oxygen atoms in total. The van der Waals surface area contributed by atoms with Crippen LogP contribution in [-0.4, -0.2) is 60.1 Å². The molecule has 1 aromatic rings. The van der Waals surface area contributed by atoms with Crippen molar-refractivity contribution in [1.82, 2.24) is 4.13 Å². The van der Waals surface area contributed by atoms with Crippen molar-refractivity contribution in [2.45, 2.75) is 20.9 Å². The van der Waals surface area contributed by atoms with Gasteiger partial charge in [0.25, 0.3) is 19.9 Å². The van der Waals surface area contributed by atoms with Gasteiger partial charge in [0.05, 0.1) is 4.90 Å². The van der Waals surface area contributed by atoms with Gasteiger partial charge in [-0.25, -0.2) is 25.3 Å². The Balaban J connectivity index is 0.00000676. The Hall–Kier alpha value is -0.863. The first-order valence-corrected chi connectivity index (χ1v) is 10.2. The molecule has 0 radical (unpaired) electrons. The molecule has 0 bridgehead atoms. The van der Waals surface area contributed by atoms with E-state index in [1.165, 1.54) is 0 Å². The fourth-order valence-electron chi connectivity index (χ4n) is 1.30. The normalized spacial score (nSPS) is 14.5. The van der Waals surface area contributed by atoms with Crippen LogP contribution in [0.15, 0.2) is 35.2 Å². The van der Waals surface area contributed by atoms with Gasteiger partial charge in [0.15, 0.2) is 0 Å². The van der Waals surface area contributed by atoms with Crippen LogP contribution in [0.4, 0.5) is 30.7 Å². The average molecular weight is 461 g/mol. The summed E-state index contributed by atoms with van der Waals surface area (Å²) in [4.78, 5) is -1.49. The van der Waals surface area contributed by atoms with E-state index in [-0.39, 0.29) is 18.9 Å². The second-order valence-corrected chi connectivity index (χ2v) is 10.0. The molecule has 0 heterocycles. The fraction of sp³-hybridized carbons (Fsp3) is 0.333. The quantitative estimate of drug-likeness (QED) is 0.495. The predicted octanol–water partition coefficient (Wildman–Crippen LogP) is 0.766. The van der Waals surface area contributed by atoms with Gasteiger partial charge in [0.1, 0.15) is 0 Å². The Morgan fingerprint density at radius 3 is 1.44 bits per heavy atom. The Morgan fingerprint density at radius 1 is 0.667 bits per heavy atom. The summed E-state index contributed by atoms with van der Waals surface area (Å²) in [6.45, 7) is 0. The molecule has 0 aromatic heterocycles. The molecule has 18 heteroatoms. The molecule has 152 valence electrons. The van der Waals surface area contributed by atoms with Gasteiger partial charge in [-0.05, 0) is 12.1 Å². The topological polar surface area (TPSA) is 114 Å². The van der Waals surface area contributed by atoms with E-state index in [1.807, 2.05) is 0 Å². The number of benzene rings is 1. The van der Waals surface area contributed by atoms with Crippen LogP contribution in [-0.2, 0) is 29.9 Å². The number of sulfone groups is 1. The number of nitrogens with one attached hydrogen (secondary N) is 1. The second-order valence-electron chi connectivity index (χ2n) is 4.39. The van der Waals surface area contributed by atoms with Crippen molar-refractivity contribution in [2.75, 3.05) is 0 Å². The van der Waals surface area contributed by atoms with Crippen LogP contribution in [0, 0.1) is 0 Å². The molecule has 0 unspecified atom stereocenters. The first kappa shape index (κ1) is 26.1. The zero-order valence-electron chi connectivity index (χ0n) is 11.7. The van der Waals surface area contributed by atoms with Gasteiger partial charge in [-0.3, -0.25) is 0 Å². The molecule has 27 heavy (non-hydrogen) atoms. The SMILES string of the molecule is O=S(=O)(NS(=O)(=O)C(F)(F)C(F)(F)S(=O)(=O)c1ccccc1)C(F)(F)F.[LiH]. The van der Waals surface area contributed by atoms with Crippen molar-refractivity contribution < 1.29 is 56.0 Å². The zero-order chi connectivity index (χ0) is 20.8. The molecule has 0 atom stereocenters.